The van der Waals surface area contributed by atoms with E-state index in [0.29, 0.717) is 0 Å². The van der Waals surface area contributed by atoms with E-state index in [1.165, 1.54) is 0 Å². The lowest BCUT2D eigenvalue weighted by Gasteiger charge is -2.06. The lowest BCUT2D eigenvalue weighted by molar-refractivity contribution is 1.04. The topological polar surface area (TPSA) is 37.8 Å². The largest absolute Gasteiger partial charge is 0.369 e. The maximum atomic E-state index is 4.26. The van der Waals surface area contributed by atoms with Gasteiger partial charge >= 0.3 is 0 Å². The third kappa shape index (κ3) is 2.37. The minimum absolute atomic E-state index is 0.894. The average Bonchev–Trinajstić information content (AvgIpc) is 2.35. The second-order valence-corrected chi connectivity index (χ2v) is 3.52. The van der Waals surface area contributed by atoms with Crippen LogP contribution in [0.4, 0.5) is 5.82 Å². The molecular formula is C13H15N3. The van der Waals surface area contributed by atoms with E-state index >= 15 is 0 Å². The molecule has 0 aliphatic rings. The van der Waals surface area contributed by atoms with Crippen LogP contribution in [-0.2, 0) is 0 Å². The van der Waals surface area contributed by atoms with Crippen molar-refractivity contribution in [3.05, 3.63) is 42.7 Å². The molecular weight excluding hydrogens is 198 g/mol. The quantitative estimate of drug-likeness (QED) is 0.626. The molecule has 1 N–H and O–H groups in total. The van der Waals surface area contributed by atoms with Crippen LogP contribution in [0.2, 0.25) is 0 Å². The van der Waals surface area contributed by atoms with E-state index in [9.17, 15) is 0 Å². The summed E-state index contributed by atoms with van der Waals surface area (Å²) in [6.45, 7) is 2.92. The van der Waals surface area contributed by atoms with Gasteiger partial charge in [0.15, 0.2) is 0 Å². The molecule has 1 heterocycles. The van der Waals surface area contributed by atoms with Gasteiger partial charge in [-0.2, -0.15) is 0 Å². The first-order valence-electron chi connectivity index (χ1n) is 5.46. The van der Waals surface area contributed by atoms with Gasteiger partial charge in [0.05, 0.1) is 5.52 Å². The molecule has 0 atom stereocenters. The predicted octanol–water partition coefficient (Wildman–Crippen LogP) is 3.01. The Balaban J connectivity index is 2.17. The molecule has 16 heavy (non-hydrogen) atoms. The Bertz CT molecular complexity index is 486. The lowest BCUT2D eigenvalue weighted by Crippen LogP contribution is -2.03. The maximum Gasteiger partial charge on any atom is 0.137 e. The fourth-order valence-corrected chi connectivity index (χ4v) is 1.59. The van der Waals surface area contributed by atoms with Gasteiger partial charge < -0.3 is 5.32 Å². The summed E-state index contributed by atoms with van der Waals surface area (Å²) in [6.07, 6.45) is 6.80. The van der Waals surface area contributed by atoms with Gasteiger partial charge in [0, 0.05) is 11.9 Å². The molecule has 3 heteroatoms. The van der Waals surface area contributed by atoms with E-state index in [-0.39, 0.29) is 0 Å². The van der Waals surface area contributed by atoms with Crippen molar-refractivity contribution < 1.29 is 0 Å². The summed E-state index contributed by atoms with van der Waals surface area (Å²) in [6, 6.07) is 8.02. The van der Waals surface area contributed by atoms with E-state index in [1.54, 1.807) is 6.33 Å². The van der Waals surface area contributed by atoms with E-state index in [1.807, 2.05) is 31.2 Å². The van der Waals surface area contributed by atoms with Gasteiger partial charge in [-0.15, -0.1) is 0 Å². The number of hydrogen-bond donors (Lipinski definition) is 1. The van der Waals surface area contributed by atoms with Crippen LogP contribution in [0.5, 0.6) is 0 Å². The lowest BCUT2D eigenvalue weighted by atomic mass is 10.2. The van der Waals surface area contributed by atoms with Crippen molar-refractivity contribution in [2.24, 2.45) is 0 Å². The molecule has 3 nitrogen and oxygen atoms in total. The zero-order chi connectivity index (χ0) is 11.2. The van der Waals surface area contributed by atoms with Crippen molar-refractivity contribution in [2.75, 3.05) is 11.9 Å². The second kappa shape index (κ2) is 5.26. The SMILES string of the molecule is C/C=C/CCNc1ncnc2ccccc12. The first-order valence-corrected chi connectivity index (χ1v) is 5.46. The highest BCUT2D eigenvalue weighted by molar-refractivity contribution is 5.88. The van der Waals surface area contributed by atoms with Gasteiger partial charge in [-0.25, -0.2) is 9.97 Å². The Morgan fingerprint density at radius 3 is 3.00 bits per heavy atom. The first kappa shape index (κ1) is 10.6. The van der Waals surface area contributed by atoms with E-state index in [0.717, 1.165) is 29.7 Å². The molecule has 2 rings (SSSR count). The number of fused-ring (bicyclic) bond motifs is 1. The van der Waals surface area contributed by atoms with E-state index < -0.39 is 0 Å². The summed E-state index contributed by atoms with van der Waals surface area (Å²) < 4.78 is 0. The van der Waals surface area contributed by atoms with E-state index in [4.69, 9.17) is 0 Å². The molecule has 2 aromatic rings. The number of anilines is 1. The maximum absolute atomic E-state index is 4.26. The Labute approximate surface area is 95.2 Å². The van der Waals surface area contributed by atoms with Crippen molar-refractivity contribution >= 4 is 16.7 Å². The number of aromatic nitrogens is 2. The second-order valence-electron chi connectivity index (χ2n) is 3.52. The minimum Gasteiger partial charge on any atom is -0.369 e. The molecule has 0 saturated carbocycles. The summed E-state index contributed by atoms with van der Waals surface area (Å²) in [5.74, 6) is 0.912. The third-order valence-electron chi connectivity index (χ3n) is 2.38. The standard InChI is InChI=1S/C13H15N3/c1-2-3-6-9-14-13-11-7-4-5-8-12(11)15-10-16-13/h2-5,7-8,10H,6,9H2,1H3,(H,14,15,16)/b3-2+. The molecule has 0 radical (unpaired) electrons. The van der Waals surface area contributed by atoms with E-state index in [2.05, 4.69) is 27.4 Å². The zero-order valence-corrected chi connectivity index (χ0v) is 9.35. The zero-order valence-electron chi connectivity index (χ0n) is 9.35. The Hall–Kier alpha value is -1.90. The van der Waals surface area contributed by atoms with Gasteiger partial charge in [0.25, 0.3) is 0 Å². The Kier molecular flexibility index (Phi) is 3.49. The van der Waals surface area contributed by atoms with Crippen LogP contribution in [-0.4, -0.2) is 16.5 Å². The van der Waals surface area contributed by atoms with Crippen molar-refractivity contribution in [1.82, 2.24) is 9.97 Å². The van der Waals surface area contributed by atoms with Crippen molar-refractivity contribution in [3.63, 3.8) is 0 Å². The number of para-hydroxylation sites is 1. The summed E-state index contributed by atoms with van der Waals surface area (Å²) in [4.78, 5) is 8.48. The van der Waals surface area contributed by atoms with Gasteiger partial charge in [0.2, 0.25) is 0 Å². The molecule has 0 saturated heterocycles. The molecule has 0 fully saturated rings. The average molecular weight is 213 g/mol. The molecule has 0 spiro atoms. The van der Waals surface area contributed by atoms with Crippen LogP contribution in [0.25, 0.3) is 10.9 Å². The fraction of sp³-hybridized carbons (Fsp3) is 0.231. The Morgan fingerprint density at radius 2 is 2.12 bits per heavy atom. The smallest absolute Gasteiger partial charge is 0.137 e. The third-order valence-corrected chi connectivity index (χ3v) is 2.38. The van der Waals surface area contributed by atoms with Crippen LogP contribution in [0, 0.1) is 0 Å². The minimum atomic E-state index is 0.894. The summed E-state index contributed by atoms with van der Waals surface area (Å²) in [5, 5.41) is 4.39. The Morgan fingerprint density at radius 1 is 1.25 bits per heavy atom. The molecule has 1 aromatic heterocycles. The highest BCUT2D eigenvalue weighted by Crippen LogP contribution is 2.17. The van der Waals surface area contributed by atoms with Gasteiger partial charge in [-0.1, -0.05) is 24.3 Å². The van der Waals surface area contributed by atoms with Crippen LogP contribution >= 0.6 is 0 Å². The normalized spacial score (nSPS) is 11.1. The molecule has 0 bridgehead atoms. The molecule has 0 unspecified atom stereocenters. The van der Waals surface area contributed by atoms with Gasteiger partial charge in [-0.05, 0) is 25.5 Å². The number of allylic oxidation sites excluding steroid dienone is 1. The molecule has 82 valence electrons. The molecule has 1 aromatic carbocycles. The summed E-state index contributed by atoms with van der Waals surface area (Å²) in [5.41, 5.74) is 0.978. The highest BCUT2D eigenvalue weighted by atomic mass is 15.0. The van der Waals surface area contributed by atoms with Crippen LogP contribution in [0.1, 0.15) is 13.3 Å². The first-order chi connectivity index (χ1) is 7.92. The highest BCUT2D eigenvalue weighted by Gasteiger charge is 2.00. The van der Waals surface area contributed by atoms with Crippen molar-refractivity contribution in [3.8, 4) is 0 Å². The fourth-order valence-electron chi connectivity index (χ4n) is 1.59. The number of rotatable bonds is 4. The number of nitrogens with one attached hydrogen (secondary N) is 1. The summed E-state index contributed by atoms with van der Waals surface area (Å²) in [7, 11) is 0. The molecule has 0 aliphatic carbocycles. The van der Waals surface area contributed by atoms with Crippen LogP contribution in [0.15, 0.2) is 42.7 Å². The summed E-state index contributed by atoms with van der Waals surface area (Å²) >= 11 is 0. The monoisotopic (exact) mass is 213 g/mol. The molecule has 0 amide bonds. The van der Waals surface area contributed by atoms with Gasteiger partial charge in [-0.3, -0.25) is 0 Å². The van der Waals surface area contributed by atoms with Gasteiger partial charge in [0.1, 0.15) is 12.1 Å². The van der Waals surface area contributed by atoms with Crippen LogP contribution in [0.3, 0.4) is 0 Å². The number of hydrogen-bond acceptors (Lipinski definition) is 3. The van der Waals surface area contributed by atoms with Crippen molar-refractivity contribution in [1.29, 1.82) is 0 Å². The predicted molar refractivity (Wildman–Crippen MR) is 67.5 cm³/mol. The number of benzene rings is 1. The molecule has 0 aliphatic heterocycles. The number of nitrogens with zero attached hydrogens (tertiary/aromatic N) is 2. The van der Waals surface area contributed by atoms with Crippen LogP contribution < -0.4 is 5.32 Å². The van der Waals surface area contributed by atoms with Crippen molar-refractivity contribution in [2.45, 2.75) is 13.3 Å².